The second-order valence-electron chi connectivity index (χ2n) is 6.04. The first kappa shape index (κ1) is 14.7. The van der Waals surface area contributed by atoms with Crippen LogP contribution in [0.15, 0.2) is 47.1 Å². The van der Waals surface area contributed by atoms with Crippen LogP contribution in [0.5, 0.6) is 0 Å². The molecule has 6 heteroatoms. The van der Waals surface area contributed by atoms with Crippen molar-refractivity contribution in [1.82, 2.24) is 15.1 Å². The number of hydrogen-bond donors (Lipinski definition) is 2. The first-order valence-corrected chi connectivity index (χ1v) is 7.88. The van der Waals surface area contributed by atoms with Gasteiger partial charge in [0.1, 0.15) is 5.82 Å². The highest BCUT2D eigenvalue weighted by molar-refractivity contribution is 6.03. The number of furan rings is 1. The Hall–Kier alpha value is -2.86. The lowest BCUT2D eigenvalue weighted by Crippen LogP contribution is -2.18. The fourth-order valence-corrected chi connectivity index (χ4v) is 3.03. The lowest BCUT2D eigenvalue weighted by Gasteiger charge is -2.15. The zero-order chi connectivity index (χ0) is 16.5. The van der Waals surface area contributed by atoms with E-state index < -0.39 is 0 Å². The molecule has 0 spiro atoms. The van der Waals surface area contributed by atoms with Crippen molar-refractivity contribution in [2.24, 2.45) is 0 Å². The summed E-state index contributed by atoms with van der Waals surface area (Å²) in [5.74, 6) is 0.726. The molecular weight excluding hydrogens is 304 g/mol. The minimum atomic E-state index is -0.259. The van der Waals surface area contributed by atoms with Crippen LogP contribution in [0.3, 0.4) is 0 Å². The lowest BCUT2D eigenvalue weighted by molar-refractivity contribution is 0.0995. The SMILES string of the molecule is Cc1ccoc1C(=O)Nc1[nH]nc2c1CN(Cc1ccccc1)C2. The van der Waals surface area contributed by atoms with Gasteiger partial charge in [-0.3, -0.25) is 14.8 Å². The van der Waals surface area contributed by atoms with E-state index in [0.717, 1.165) is 36.5 Å². The normalized spacial score (nSPS) is 13.9. The number of carbonyl (C=O) groups excluding carboxylic acids is 1. The van der Waals surface area contributed by atoms with Gasteiger partial charge in [0, 0.05) is 30.8 Å². The number of benzene rings is 1. The summed E-state index contributed by atoms with van der Waals surface area (Å²) < 4.78 is 5.24. The van der Waals surface area contributed by atoms with Crippen LogP contribution in [0.4, 0.5) is 5.82 Å². The van der Waals surface area contributed by atoms with Gasteiger partial charge in [-0.15, -0.1) is 0 Å². The van der Waals surface area contributed by atoms with E-state index in [9.17, 15) is 4.79 Å². The smallest absolute Gasteiger partial charge is 0.292 e. The number of fused-ring (bicyclic) bond motifs is 1. The van der Waals surface area contributed by atoms with E-state index in [0.29, 0.717) is 11.6 Å². The van der Waals surface area contributed by atoms with Gasteiger partial charge in [0.15, 0.2) is 5.76 Å². The summed E-state index contributed by atoms with van der Waals surface area (Å²) in [4.78, 5) is 14.6. The van der Waals surface area contributed by atoms with E-state index in [1.165, 1.54) is 11.8 Å². The van der Waals surface area contributed by atoms with Crippen LogP contribution in [0.25, 0.3) is 0 Å². The van der Waals surface area contributed by atoms with Crippen LogP contribution in [0.1, 0.15) is 32.9 Å². The zero-order valence-electron chi connectivity index (χ0n) is 13.4. The maximum absolute atomic E-state index is 12.3. The molecule has 6 nitrogen and oxygen atoms in total. The summed E-state index contributed by atoms with van der Waals surface area (Å²) in [6.07, 6.45) is 1.52. The molecule has 3 aromatic rings. The van der Waals surface area contributed by atoms with E-state index in [1.807, 2.05) is 25.1 Å². The van der Waals surface area contributed by atoms with Gasteiger partial charge >= 0.3 is 0 Å². The quantitative estimate of drug-likeness (QED) is 0.774. The number of aromatic amines is 1. The molecule has 0 fully saturated rings. The number of aryl methyl sites for hydroxylation is 1. The van der Waals surface area contributed by atoms with Gasteiger partial charge in [-0.2, -0.15) is 5.10 Å². The molecule has 0 atom stereocenters. The van der Waals surface area contributed by atoms with E-state index in [-0.39, 0.29) is 5.91 Å². The Morgan fingerprint density at radius 3 is 2.88 bits per heavy atom. The maximum Gasteiger partial charge on any atom is 0.292 e. The van der Waals surface area contributed by atoms with Crippen molar-refractivity contribution < 1.29 is 9.21 Å². The van der Waals surface area contributed by atoms with Gasteiger partial charge in [0.25, 0.3) is 5.91 Å². The van der Waals surface area contributed by atoms with Crippen LogP contribution < -0.4 is 5.32 Å². The molecule has 0 aliphatic carbocycles. The molecule has 122 valence electrons. The number of carbonyl (C=O) groups is 1. The number of aromatic nitrogens is 2. The van der Waals surface area contributed by atoms with Gasteiger partial charge in [0.05, 0.1) is 12.0 Å². The van der Waals surface area contributed by atoms with Crippen molar-refractivity contribution >= 4 is 11.7 Å². The minimum absolute atomic E-state index is 0.259. The average molecular weight is 322 g/mol. The zero-order valence-corrected chi connectivity index (χ0v) is 13.4. The lowest BCUT2D eigenvalue weighted by atomic mass is 10.2. The molecule has 4 rings (SSSR count). The van der Waals surface area contributed by atoms with Gasteiger partial charge < -0.3 is 9.73 Å². The van der Waals surface area contributed by atoms with Crippen molar-refractivity contribution in [3.8, 4) is 0 Å². The van der Waals surface area contributed by atoms with Crippen molar-refractivity contribution in [2.75, 3.05) is 5.32 Å². The molecule has 1 amide bonds. The Morgan fingerprint density at radius 2 is 2.12 bits per heavy atom. The van der Waals surface area contributed by atoms with Crippen molar-refractivity contribution in [3.05, 3.63) is 70.8 Å². The summed E-state index contributed by atoms with van der Waals surface area (Å²) in [6, 6.07) is 12.1. The van der Waals surface area contributed by atoms with Crippen molar-refractivity contribution in [3.63, 3.8) is 0 Å². The molecule has 3 heterocycles. The molecule has 1 aromatic carbocycles. The fraction of sp³-hybridized carbons (Fsp3) is 0.222. The molecule has 2 N–H and O–H groups in total. The monoisotopic (exact) mass is 322 g/mol. The van der Waals surface area contributed by atoms with Crippen LogP contribution in [-0.2, 0) is 19.6 Å². The molecule has 1 aliphatic heterocycles. The number of amides is 1. The first-order valence-electron chi connectivity index (χ1n) is 7.88. The van der Waals surface area contributed by atoms with Gasteiger partial charge in [-0.1, -0.05) is 30.3 Å². The Morgan fingerprint density at radius 1 is 1.29 bits per heavy atom. The molecule has 24 heavy (non-hydrogen) atoms. The largest absolute Gasteiger partial charge is 0.459 e. The highest BCUT2D eigenvalue weighted by atomic mass is 16.3. The standard InChI is InChI=1S/C18H18N4O2/c1-12-7-8-24-16(12)18(23)19-17-14-10-22(11-15(14)20-21-17)9-13-5-3-2-4-6-13/h2-8H,9-11H2,1H3,(H2,19,20,21,23). The average Bonchev–Trinajstić information content (AvgIpc) is 3.26. The third-order valence-corrected chi connectivity index (χ3v) is 4.26. The predicted molar refractivity (Wildman–Crippen MR) is 89.4 cm³/mol. The van der Waals surface area contributed by atoms with Gasteiger partial charge in [0.2, 0.25) is 0 Å². The van der Waals surface area contributed by atoms with Gasteiger partial charge in [-0.25, -0.2) is 0 Å². The molecule has 0 unspecified atom stereocenters. The predicted octanol–water partition coefficient (Wildman–Crippen LogP) is 3.08. The fourth-order valence-electron chi connectivity index (χ4n) is 3.03. The van der Waals surface area contributed by atoms with Crippen LogP contribution in [0, 0.1) is 6.92 Å². The van der Waals surface area contributed by atoms with E-state index >= 15 is 0 Å². The maximum atomic E-state index is 12.3. The second-order valence-corrected chi connectivity index (χ2v) is 6.04. The Bertz CT molecular complexity index is 866. The van der Waals surface area contributed by atoms with E-state index in [1.54, 1.807) is 6.07 Å². The summed E-state index contributed by atoms with van der Waals surface area (Å²) in [6.45, 7) is 4.24. The van der Waals surface area contributed by atoms with E-state index in [2.05, 4.69) is 32.5 Å². The summed E-state index contributed by atoms with van der Waals surface area (Å²) in [7, 11) is 0. The number of nitrogens with one attached hydrogen (secondary N) is 2. The minimum Gasteiger partial charge on any atom is -0.459 e. The topological polar surface area (TPSA) is 74.2 Å². The number of hydrogen-bond acceptors (Lipinski definition) is 4. The van der Waals surface area contributed by atoms with Crippen LogP contribution >= 0.6 is 0 Å². The Kier molecular flexibility index (Phi) is 3.66. The Balaban J connectivity index is 1.46. The second kappa shape index (κ2) is 5.98. The van der Waals surface area contributed by atoms with Crippen molar-refractivity contribution in [1.29, 1.82) is 0 Å². The molecular formula is C18H18N4O2. The van der Waals surface area contributed by atoms with E-state index in [4.69, 9.17) is 4.42 Å². The molecule has 0 saturated heterocycles. The van der Waals surface area contributed by atoms with Crippen LogP contribution in [-0.4, -0.2) is 21.0 Å². The van der Waals surface area contributed by atoms with Gasteiger partial charge in [-0.05, 0) is 18.6 Å². The summed E-state index contributed by atoms with van der Waals surface area (Å²) >= 11 is 0. The molecule has 0 radical (unpaired) electrons. The molecule has 2 aromatic heterocycles. The third kappa shape index (κ3) is 2.72. The summed E-state index contributed by atoms with van der Waals surface area (Å²) in [5.41, 5.74) is 4.11. The number of H-pyrrole nitrogens is 1. The number of rotatable bonds is 4. The number of anilines is 1. The highest BCUT2D eigenvalue weighted by Gasteiger charge is 2.26. The highest BCUT2D eigenvalue weighted by Crippen LogP contribution is 2.28. The molecule has 1 aliphatic rings. The Labute approximate surface area is 139 Å². The third-order valence-electron chi connectivity index (χ3n) is 4.26. The van der Waals surface area contributed by atoms with Crippen LogP contribution in [0.2, 0.25) is 0 Å². The number of nitrogens with zero attached hydrogens (tertiary/aromatic N) is 2. The summed E-state index contributed by atoms with van der Waals surface area (Å²) in [5, 5.41) is 10.1. The van der Waals surface area contributed by atoms with Crippen molar-refractivity contribution in [2.45, 2.75) is 26.6 Å². The molecule has 0 saturated carbocycles. The first-order chi connectivity index (χ1) is 11.7. The molecule has 0 bridgehead atoms.